The number of pyridine rings is 1. The number of fused-ring (bicyclic) bond motifs is 1. The molecule has 1 amide bonds. The van der Waals surface area contributed by atoms with E-state index < -0.39 is 17.8 Å². The summed E-state index contributed by atoms with van der Waals surface area (Å²) in [6.07, 6.45) is -4.55. The van der Waals surface area contributed by atoms with Crippen molar-refractivity contribution in [3.05, 3.63) is 35.2 Å². The number of carbonyl (C=O) groups is 1. The molecule has 0 unspecified atom stereocenters. The van der Waals surface area contributed by atoms with Gasteiger partial charge in [-0.3, -0.25) is 4.79 Å². The second-order valence-electron chi connectivity index (χ2n) is 3.58. The summed E-state index contributed by atoms with van der Waals surface area (Å²) in [6.45, 7) is 5.59. The van der Waals surface area contributed by atoms with Crippen LogP contribution in [0.1, 0.15) is 35.6 Å². The molecule has 2 N–H and O–H groups in total. The van der Waals surface area contributed by atoms with Crippen LogP contribution in [0.15, 0.2) is 18.2 Å². The molecule has 0 radical (unpaired) electrons. The van der Waals surface area contributed by atoms with Crippen LogP contribution in [0, 0.1) is 6.92 Å². The number of aryl methyl sites for hydroxylation is 1. The molecule has 0 spiro atoms. The minimum Gasteiger partial charge on any atom is -0.366 e. The van der Waals surface area contributed by atoms with Gasteiger partial charge in [-0.1, -0.05) is 13.8 Å². The smallest absolute Gasteiger partial charge is 0.366 e. The highest BCUT2D eigenvalue weighted by molar-refractivity contribution is 5.99. The summed E-state index contributed by atoms with van der Waals surface area (Å²) in [7, 11) is 0. The van der Waals surface area contributed by atoms with Crippen molar-refractivity contribution in [2.45, 2.75) is 26.9 Å². The normalized spacial score (nSPS) is 11.1. The summed E-state index contributed by atoms with van der Waals surface area (Å²) >= 11 is 0. The number of aromatic nitrogens is 2. The van der Waals surface area contributed by atoms with E-state index in [1.165, 1.54) is 12.1 Å². The Morgan fingerprint density at radius 1 is 1.32 bits per heavy atom. The molecule has 0 atom stereocenters. The molecule has 2 rings (SSSR count). The lowest BCUT2D eigenvalue weighted by molar-refractivity contribution is -0.141. The number of rotatable bonds is 1. The molecule has 0 aliphatic heterocycles. The molecule has 104 valence electrons. The Morgan fingerprint density at radius 3 is 2.37 bits per heavy atom. The van der Waals surface area contributed by atoms with Gasteiger partial charge in [0, 0.05) is 5.69 Å². The second-order valence-corrected chi connectivity index (χ2v) is 3.58. The van der Waals surface area contributed by atoms with E-state index in [2.05, 4.69) is 5.10 Å². The number of primary amides is 1. The predicted molar refractivity (Wildman–Crippen MR) is 64.8 cm³/mol. The molecule has 0 bridgehead atoms. The van der Waals surface area contributed by atoms with E-state index >= 15 is 0 Å². The van der Waals surface area contributed by atoms with E-state index in [0.717, 1.165) is 10.6 Å². The number of amides is 1. The Hall–Kier alpha value is -2.05. The Balaban J connectivity index is 0.000000861. The second kappa shape index (κ2) is 5.29. The molecule has 0 aromatic carbocycles. The molecular weight excluding hydrogens is 259 g/mol. The third-order valence-corrected chi connectivity index (χ3v) is 2.37. The van der Waals surface area contributed by atoms with Gasteiger partial charge in [-0.25, -0.2) is 4.52 Å². The molecule has 19 heavy (non-hydrogen) atoms. The van der Waals surface area contributed by atoms with Gasteiger partial charge in [0.1, 0.15) is 0 Å². The number of hydrogen-bond acceptors (Lipinski definition) is 2. The number of nitrogens with zero attached hydrogens (tertiary/aromatic N) is 2. The van der Waals surface area contributed by atoms with Crippen LogP contribution in [0.3, 0.4) is 0 Å². The van der Waals surface area contributed by atoms with E-state index in [4.69, 9.17) is 5.73 Å². The molecular formula is C12H14F3N3O. The van der Waals surface area contributed by atoms with Gasteiger partial charge in [-0.15, -0.1) is 0 Å². The van der Waals surface area contributed by atoms with E-state index in [-0.39, 0.29) is 11.1 Å². The van der Waals surface area contributed by atoms with Gasteiger partial charge in [0.15, 0.2) is 5.69 Å². The highest BCUT2D eigenvalue weighted by Gasteiger charge is 2.34. The summed E-state index contributed by atoms with van der Waals surface area (Å²) in [5.74, 6) is -0.788. The van der Waals surface area contributed by atoms with Crippen LogP contribution in [0.2, 0.25) is 0 Å². The fraction of sp³-hybridized carbons (Fsp3) is 0.333. The fourth-order valence-electron chi connectivity index (χ4n) is 1.55. The van der Waals surface area contributed by atoms with Crippen molar-refractivity contribution in [1.82, 2.24) is 9.61 Å². The predicted octanol–water partition coefficient (Wildman–Crippen LogP) is 2.79. The van der Waals surface area contributed by atoms with Crippen LogP contribution in [0.5, 0.6) is 0 Å². The Kier molecular flexibility index (Phi) is 4.18. The fourth-order valence-corrected chi connectivity index (χ4v) is 1.55. The summed E-state index contributed by atoms with van der Waals surface area (Å²) in [5, 5.41) is 3.41. The maximum atomic E-state index is 12.5. The highest BCUT2D eigenvalue weighted by Crippen LogP contribution is 2.29. The third-order valence-electron chi connectivity index (χ3n) is 2.37. The Labute approximate surface area is 108 Å². The first-order valence-electron chi connectivity index (χ1n) is 5.67. The quantitative estimate of drug-likeness (QED) is 0.868. The van der Waals surface area contributed by atoms with Gasteiger partial charge in [0.2, 0.25) is 0 Å². The average Bonchev–Trinajstić information content (AvgIpc) is 2.77. The molecule has 2 aromatic rings. The van der Waals surface area contributed by atoms with E-state index in [9.17, 15) is 18.0 Å². The van der Waals surface area contributed by atoms with Gasteiger partial charge in [-0.2, -0.15) is 18.3 Å². The average molecular weight is 273 g/mol. The van der Waals surface area contributed by atoms with E-state index in [1.807, 2.05) is 13.8 Å². The van der Waals surface area contributed by atoms with Crippen LogP contribution in [-0.2, 0) is 6.18 Å². The van der Waals surface area contributed by atoms with Gasteiger partial charge in [-0.05, 0) is 25.1 Å². The molecule has 0 saturated heterocycles. The summed E-state index contributed by atoms with van der Waals surface area (Å²) < 4.78 is 38.6. The summed E-state index contributed by atoms with van der Waals surface area (Å²) in [5.41, 5.74) is 4.60. The highest BCUT2D eigenvalue weighted by atomic mass is 19.4. The first-order valence-corrected chi connectivity index (χ1v) is 5.67. The third kappa shape index (κ3) is 2.86. The SMILES string of the molecule is CC.Cc1ccc(C(N)=O)c2cc(C(F)(F)F)nn12. The minimum atomic E-state index is -4.55. The number of carbonyl (C=O) groups excluding carboxylic acids is 1. The van der Waals surface area contributed by atoms with Crippen molar-refractivity contribution >= 4 is 11.4 Å². The molecule has 7 heteroatoms. The topological polar surface area (TPSA) is 60.4 Å². The lowest BCUT2D eigenvalue weighted by Crippen LogP contribution is -2.13. The van der Waals surface area contributed by atoms with E-state index in [1.54, 1.807) is 6.92 Å². The first kappa shape index (κ1) is 15.0. The minimum absolute atomic E-state index is 0.0126. The molecule has 4 nitrogen and oxygen atoms in total. The number of hydrogen-bond donors (Lipinski definition) is 1. The Morgan fingerprint density at radius 2 is 1.89 bits per heavy atom. The van der Waals surface area contributed by atoms with Crippen molar-refractivity contribution in [3.63, 3.8) is 0 Å². The maximum Gasteiger partial charge on any atom is 0.435 e. The number of alkyl halides is 3. The van der Waals surface area contributed by atoms with Gasteiger partial charge >= 0.3 is 6.18 Å². The first-order chi connectivity index (χ1) is 8.80. The van der Waals surface area contributed by atoms with Crippen LogP contribution in [0.25, 0.3) is 5.52 Å². The summed E-state index contributed by atoms with van der Waals surface area (Å²) in [6, 6.07) is 3.68. The molecule has 0 aliphatic rings. The zero-order valence-corrected chi connectivity index (χ0v) is 10.7. The van der Waals surface area contributed by atoms with Crippen molar-refractivity contribution in [2.75, 3.05) is 0 Å². The van der Waals surface area contributed by atoms with Crippen LogP contribution in [-0.4, -0.2) is 15.5 Å². The van der Waals surface area contributed by atoms with Crippen molar-refractivity contribution in [1.29, 1.82) is 0 Å². The monoisotopic (exact) mass is 273 g/mol. The lowest BCUT2D eigenvalue weighted by atomic mass is 10.2. The summed E-state index contributed by atoms with van der Waals surface area (Å²) in [4.78, 5) is 11.1. The van der Waals surface area contributed by atoms with Crippen molar-refractivity contribution in [3.8, 4) is 0 Å². The maximum absolute atomic E-state index is 12.5. The van der Waals surface area contributed by atoms with Crippen molar-refractivity contribution < 1.29 is 18.0 Å². The number of halogens is 3. The largest absolute Gasteiger partial charge is 0.435 e. The van der Waals surface area contributed by atoms with Crippen LogP contribution < -0.4 is 5.73 Å². The molecule has 0 saturated carbocycles. The van der Waals surface area contributed by atoms with Crippen molar-refractivity contribution in [2.24, 2.45) is 5.73 Å². The van der Waals surface area contributed by atoms with Crippen LogP contribution >= 0.6 is 0 Å². The van der Waals surface area contributed by atoms with E-state index in [0.29, 0.717) is 5.69 Å². The number of nitrogens with two attached hydrogens (primary N) is 1. The molecule has 0 fully saturated rings. The zero-order valence-electron chi connectivity index (χ0n) is 10.7. The molecule has 2 aromatic heterocycles. The van der Waals surface area contributed by atoms with Gasteiger partial charge < -0.3 is 5.73 Å². The van der Waals surface area contributed by atoms with Gasteiger partial charge in [0.05, 0.1) is 11.1 Å². The standard InChI is InChI=1S/C10H8F3N3O.C2H6/c1-5-2-3-6(9(14)17)7-4-8(10(11,12)13)15-16(5)7;1-2/h2-4H,1H3,(H2,14,17);1-2H3. The lowest BCUT2D eigenvalue weighted by Gasteiger charge is -2.02. The molecule has 0 aliphatic carbocycles. The molecule has 2 heterocycles. The Bertz CT molecular complexity index is 602. The zero-order chi connectivity index (χ0) is 14.8. The van der Waals surface area contributed by atoms with Gasteiger partial charge in [0.25, 0.3) is 5.91 Å². The van der Waals surface area contributed by atoms with Crippen LogP contribution in [0.4, 0.5) is 13.2 Å².